The third kappa shape index (κ3) is 2.11. The molecule has 22 heavy (non-hydrogen) atoms. The lowest BCUT2D eigenvalue weighted by Crippen LogP contribution is -1.79. The number of aromatic hydroxyl groups is 1. The van der Waals surface area contributed by atoms with Gasteiger partial charge in [0.25, 0.3) is 5.89 Å². The molecule has 0 amide bonds. The molecule has 0 aliphatic rings. The molecule has 4 rings (SSSR count). The van der Waals surface area contributed by atoms with Crippen LogP contribution in [0, 0.1) is 0 Å². The molecule has 0 aliphatic heterocycles. The Morgan fingerprint density at radius 1 is 0.727 bits per heavy atom. The lowest BCUT2D eigenvalue weighted by molar-refractivity contribution is 0.473. The first-order valence-corrected chi connectivity index (χ1v) is 6.92. The van der Waals surface area contributed by atoms with Gasteiger partial charge in [0, 0.05) is 5.56 Å². The summed E-state index contributed by atoms with van der Waals surface area (Å²) < 4.78 is 5.70. The Morgan fingerprint density at radius 2 is 1.45 bits per heavy atom. The van der Waals surface area contributed by atoms with E-state index in [1.807, 2.05) is 42.5 Å². The summed E-state index contributed by atoms with van der Waals surface area (Å²) >= 11 is 0. The van der Waals surface area contributed by atoms with Crippen LogP contribution >= 0.6 is 0 Å². The number of phenols is 1. The first-order chi connectivity index (χ1) is 10.8. The molecule has 0 unspecified atom stereocenters. The molecule has 0 aliphatic carbocycles. The number of hydrogen-bond acceptors (Lipinski definition) is 4. The first-order valence-electron chi connectivity index (χ1n) is 6.92. The van der Waals surface area contributed by atoms with Gasteiger partial charge in [-0.05, 0) is 35.0 Å². The summed E-state index contributed by atoms with van der Waals surface area (Å²) in [6.45, 7) is 0. The number of hydrogen-bond donors (Lipinski definition) is 1. The van der Waals surface area contributed by atoms with Gasteiger partial charge in [-0.25, -0.2) is 0 Å². The van der Waals surface area contributed by atoms with Crippen molar-refractivity contribution in [1.82, 2.24) is 10.2 Å². The van der Waals surface area contributed by atoms with Gasteiger partial charge in [0.2, 0.25) is 5.89 Å². The second-order valence-corrected chi connectivity index (χ2v) is 4.99. The van der Waals surface area contributed by atoms with Gasteiger partial charge in [-0.2, -0.15) is 0 Å². The van der Waals surface area contributed by atoms with E-state index in [-0.39, 0.29) is 5.75 Å². The van der Waals surface area contributed by atoms with Crippen LogP contribution in [-0.2, 0) is 0 Å². The second kappa shape index (κ2) is 5.00. The second-order valence-electron chi connectivity index (χ2n) is 4.99. The molecule has 0 fully saturated rings. The molecule has 0 saturated heterocycles. The van der Waals surface area contributed by atoms with Crippen LogP contribution in [0.4, 0.5) is 0 Å². The summed E-state index contributed by atoms with van der Waals surface area (Å²) in [7, 11) is 0. The van der Waals surface area contributed by atoms with Gasteiger partial charge in [-0.3, -0.25) is 0 Å². The van der Waals surface area contributed by atoms with Crippen LogP contribution in [0.3, 0.4) is 0 Å². The zero-order valence-electron chi connectivity index (χ0n) is 11.6. The maximum Gasteiger partial charge on any atom is 0.251 e. The first kappa shape index (κ1) is 12.6. The fraction of sp³-hybridized carbons (Fsp3) is 0. The third-order valence-electron chi connectivity index (χ3n) is 3.56. The van der Waals surface area contributed by atoms with Crippen molar-refractivity contribution in [1.29, 1.82) is 0 Å². The van der Waals surface area contributed by atoms with E-state index < -0.39 is 0 Å². The van der Waals surface area contributed by atoms with Gasteiger partial charge < -0.3 is 9.52 Å². The maximum atomic E-state index is 9.86. The minimum absolute atomic E-state index is 0.121. The third-order valence-corrected chi connectivity index (χ3v) is 3.56. The highest BCUT2D eigenvalue weighted by atomic mass is 16.4. The normalized spacial score (nSPS) is 10.9. The largest absolute Gasteiger partial charge is 0.507 e. The molecule has 4 nitrogen and oxygen atoms in total. The van der Waals surface area contributed by atoms with E-state index in [1.54, 1.807) is 18.2 Å². The molecule has 0 spiro atoms. The number of rotatable bonds is 2. The summed E-state index contributed by atoms with van der Waals surface area (Å²) in [5.74, 6) is 0.862. The van der Waals surface area contributed by atoms with Gasteiger partial charge in [0.1, 0.15) is 5.75 Å². The molecule has 1 N–H and O–H groups in total. The van der Waals surface area contributed by atoms with Crippen LogP contribution in [0.25, 0.3) is 33.7 Å². The Balaban J connectivity index is 1.78. The zero-order valence-corrected chi connectivity index (χ0v) is 11.6. The standard InChI is InChI=1S/C18H12N2O2/c21-16-8-4-3-7-15(16)18-20-19-17(22-18)14-10-9-12-5-1-2-6-13(12)11-14/h1-11,21H. The van der Waals surface area contributed by atoms with Gasteiger partial charge >= 0.3 is 0 Å². The van der Waals surface area contributed by atoms with Crippen LogP contribution in [0.1, 0.15) is 0 Å². The van der Waals surface area contributed by atoms with E-state index in [0.29, 0.717) is 17.3 Å². The smallest absolute Gasteiger partial charge is 0.251 e. The number of aromatic nitrogens is 2. The molecule has 0 bridgehead atoms. The predicted octanol–water partition coefficient (Wildman–Crippen LogP) is 4.26. The maximum absolute atomic E-state index is 9.86. The molecule has 0 radical (unpaired) electrons. The highest BCUT2D eigenvalue weighted by molar-refractivity contribution is 5.86. The highest BCUT2D eigenvalue weighted by Gasteiger charge is 2.13. The number of benzene rings is 3. The fourth-order valence-electron chi connectivity index (χ4n) is 2.43. The van der Waals surface area contributed by atoms with E-state index in [4.69, 9.17) is 4.42 Å². The van der Waals surface area contributed by atoms with Crippen LogP contribution in [-0.4, -0.2) is 15.3 Å². The van der Waals surface area contributed by atoms with Crippen molar-refractivity contribution in [2.24, 2.45) is 0 Å². The summed E-state index contributed by atoms with van der Waals surface area (Å²) in [5.41, 5.74) is 1.38. The van der Waals surface area contributed by atoms with Crippen molar-refractivity contribution >= 4 is 10.8 Å². The van der Waals surface area contributed by atoms with Gasteiger partial charge in [-0.15, -0.1) is 10.2 Å². The van der Waals surface area contributed by atoms with Crippen molar-refractivity contribution < 1.29 is 9.52 Å². The minimum atomic E-state index is 0.121. The van der Waals surface area contributed by atoms with E-state index in [1.165, 1.54) is 0 Å². The molecule has 0 saturated carbocycles. The van der Waals surface area contributed by atoms with Crippen molar-refractivity contribution in [3.05, 3.63) is 66.7 Å². The summed E-state index contributed by atoms with van der Waals surface area (Å²) in [5, 5.41) is 20.2. The number of phenolic OH excluding ortho intramolecular Hbond substituents is 1. The Labute approximate surface area is 126 Å². The van der Waals surface area contributed by atoms with Gasteiger partial charge in [0.15, 0.2) is 0 Å². The van der Waals surface area contributed by atoms with Gasteiger partial charge in [0.05, 0.1) is 5.56 Å². The van der Waals surface area contributed by atoms with Crippen LogP contribution in [0.15, 0.2) is 71.1 Å². The fourth-order valence-corrected chi connectivity index (χ4v) is 2.43. The molecular weight excluding hydrogens is 276 g/mol. The molecule has 4 aromatic rings. The van der Waals surface area contributed by atoms with Gasteiger partial charge in [-0.1, -0.05) is 42.5 Å². The minimum Gasteiger partial charge on any atom is -0.507 e. The van der Waals surface area contributed by atoms with Crippen molar-refractivity contribution in [3.8, 4) is 28.7 Å². The van der Waals surface area contributed by atoms with E-state index in [2.05, 4.69) is 16.3 Å². The Morgan fingerprint density at radius 3 is 2.32 bits per heavy atom. The van der Waals surface area contributed by atoms with E-state index >= 15 is 0 Å². The quantitative estimate of drug-likeness (QED) is 0.598. The monoisotopic (exact) mass is 288 g/mol. The Hall–Kier alpha value is -3.14. The van der Waals surface area contributed by atoms with E-state index in [9.17, 15) is 5.11 Å². The van der Waals surface area contributed by atoms with Crippen molar-refractivity contribution in [2.45, 2.75) is 0 Å². The van der Waals surface area contributed by atoms with Crippen molar-refractivity contribution in [2.75, 3.05) is 0 Å². The molecule has 3 aromatic carbocycles. The summed E-state index contributed by atoms with van der Waals surface area (Å²) in [4.78, 5) is 0. The molecule has 1 heterocycles. The number of para-hydroxylation sites is 1. The van der Waals surface area contributed by atoms with Crippen LogP contribution in [0.5, 0.6) is 5.75 Å². The molecule has 4 heteroatoms. The number of nitrogens with zero attached hydrogens (tertiary/aromatic N) is 2. The number of fused-ring (bicyclic) bond motifs is 1. The zero-order chi connectivity index (χ0) is 14.9. The SMILES string of the molecule is Oc1ccccc1-c1nnc(-c2ccc3ccccc3c2)o1. The average molecular weight is 288 g/mol. The van der Waals surface area contributed by atoms with Crippen LogP contribution < -0.4 is 0 Å². The lowest BCUT2D eigenvalue weighted by atomic mass is 10.1. The topological polar surface area (TPSA) is 59.2 Å². The molecular formula is C18H12N2O2. The highest BCUT2D eigenvalue weighted by Crippen LogP contribution is 2.30. The summed E-state index contributed by atoms with van der Waals surface area (Å²) in [6, 6.07) is 21.0. The Bertz CT molecular complexity index is 960. The van der Waals surface area contributed by atoms with E-state index in [0.717, 1.165) is 16.3 Å². The Kier molecular flexibility index (Phi) is 2.86. The summed E-state index contributed by atoms with van der Waals surface area (Å²) in [6.07, 6.45) is 0. The average Bonchev–Trinajstić information content (AvgIpc) is 3.04. The molecule has 1 aromatic heterocycles. The molecule has 0 atom stereocenters. The predicted molar refractivity (Wildman–Crippen MR) is 84.3 cm³/mol. The molecule has 106 valence electrons. The van der Waals surface area contributed by atoms with Crippen molar-refractivity contribution in [3.63, 3.8) is 0 Å². The van der Waals surface area contributed by atoms with Crippen LogP contribution in [0.2, 0.25) is 0 Å². The lowest BCUT2D eigenvalue weighted by Gasteiger charge is -2.00.